The van der Waals surface area contributed by atoms with Gasteiger partial charge < -0.3 is 9.84 Å². The van der Waals surface area contributed by atoms with Gasteiger partial charge in [0.25, 0.3) is 5.56 Å². The van der Waals surface area contributed by atoms with Gasteiger partial charge in [-0.1, -0.05) is 5.16 Å². The van der Waals surface area contributed by atoms with Crippen molar-refractivity contribution in [3.05, 3.63) is 38.9 Å². The van der Waals surface area contributed by atoms with Gasteiger partial charge in [-0.2, -0.15) is 4.98 Å². The number of halogens is 1. The molecule has 0 spiro atoms. The molecular weight excluding hydrogens is 356 g/mol. The molecule has 2 N–H and O–H groups in total. The number of fused-ring (bicyclic) bond motifs is 1. The fourth-order valence-electron chi connectivity index (χ4n) is 3.10. The summed E-state index contributed by atoms with van der Waals surface area (Å²) in [4.78, 5) is 21.2. The van der Waals surface area contributed by atoms with E-state index >= 15 is 0 Å². The third-order valence-electron chi connectivity index (χ3n) is 4.66. The number of aryl methyl sites for hydroxylation is 4. The highest BCUT2D eigenvalue weighted by atomic mass is 35.5. The number of hydrogen-bond acceptors (Lipinski definition) is 6. The first kappa shape index (κ1) is 20.1. The Morgan fingerprint density at radius 1 is 1.27 bits per heavy atom. The van der Waals surface area contributed by atoms with Crippen LogP contribution >= 0.6 is 12.4 Å². The summed E-state index contributed by atoms with van der Waals surface area (Å²) >= 11 is 0. The smallest absolute Gasteiger partial charge is 0.273 e. The van der Waals surface area contributed by atoms with Crippen LogP contribution in [0.3, 0.4) is 0 Å². The number of aromatic nitrogens is 5. The maximum absolute atomic E-state index is 12.1. The summed E-state index contributed by atoms with van der Waals surface area (Å²) < 4.78 is 7.01. The SMILES string of the molecule is CNC(C)Cc1noc(CCc2c(C)nc3c(c2C)c(=O)[nH]n3C)n1.Cl. The van der Waals surface area contributed by atoms with Gasteiger partial charge in [0.05, 0.1) is 5.39 Å². The van der Waals surface area contributed by atoms with Crippen molar-refractivity contribution in [2.45, 2.75) is 46.1 Å². The fraction of sp³-hybridized carbons (Fsp3) is 0.529. The van der Waals surface area contributed by atoms with E-state index in [2.05, 4.69) is 32.5 Å². The highest BCUT2D eigenvalue weighted by molar-refractivity contribution is 5.85. The molecule has 0 saturated heterocycles. The summed E-state index contributed by atoms with van der Waals surface area (Å²) in [6.45, 7) is 6.00. The van der Waals surface area contributed by atoms with Crippen LogP contribution in [0.25, 0.3) is 11.0 Å². The van der Waals surface area contributed by atoms with Crippen LogP contribution in [0.15, 0.2) is 9.32 Å². The Hall–Kier alpha value is -2.19. The number of nitrogens with one attached hydrogen (secondary N) is 2. The van der Waals surface area contributed by atoms with E-state index in [1.165, 1.54) is 0 Å². The predicted molar refractivity (Wildman–Crippen MR) is 102 cm³/mol. The first-order valence-corrected chi connectivity index (χ1v) is 8.44. The van der Waals surface area contributed by atoms with Crippen LogP contribution < -0.4 is 10.9 Å². The van der Waals surface area contributed by atoms with Gasteiger partial charge in [0.15, 0.2) is 11.5 Å². The first-order chi connectivity index (χ1) is 11.9. The normalized spacial score (nSPS) is 12.3. The molecule has 0 aliphatic carbocycles. The quantitative estimate of drug-likeness (QED) is 0.673. The highest BCUT2D eigenvalue weighted by Gasteiger charge is 2.16. The summed E-state index contributed by atoms with van der Waals surface area (Å²) in [6, 6.07) is 0.298. The zero-order valence-electron chi connectivity index (χ0n) is 15.7. The van der Waals surface area contributed by atoms with Crippen molar-refractivity contribution in [3.63, 3.8) is 0 Å². The summed E-state index contributed by atoms with van der Waals surface area (Å²) in [5.74, 6) is 1.32. The second-order valence-corrected chi connectivity index (χ2v) is 6.50. The zero-order valence-corrected chi connectivity index (χ0v) is 16.5. The van der Waals surface area contributed by atoms with Gasteiger partial charge >= 0.3 is 0 Å². The third kappa shape index (κ3) is 3.81. The molecule has 0 amide bonds. The Labute approximate surface area is 157 Å². The van der Waals surface area contributed by atoms with E-state index in [4.69, 9.17) is 4.52 Å². The molecule has 0 bridgehead atoms. The molecule has 1 unspecified atom stereocenters. The van der Waals surface area contributed by atoms with Crippen molar-refractivity contribution >= 4 is 23.4 Å². The number of pyridine rings is 1. The first-order valence-electron chi connectivity index (χ1n) is 8.44. The monoisotopic (exact) mass is 380 g/mol. The summed E-state index contributed by atoms with van der Waals surface area (Å²) in [5.41, 5.74) is 3.53. The lowest BCUT2D eigenvalue weighted by Crippen LogP contribution is -2.24. The van der Waals surface area contributed by atoms with Gasteiger partial charge in [0.2, 0.25) is 5.89 Å². The van der Waals surface area contributed by atoms with Crippen molar-refractivity contribution in [2.24, 2.45) is 7.05 Å². The molecule has 0 fully saturated rings. The Morgan fingerprint density at radius 3 is 2.69 bits per heavy atom. The molecule has 0 radical (unpaired) electrons. The van der Waals surface area contributed by atoms with E-state index in [0.717, 1.165) is 23.2 Å². The minimum Gasteiger partial charge on any atom is -0.339 e. The van der Waals surface area contributed by atoms with E-state index < -0.39 is 0 Å². The predicted octanol–water partition coefficient (Wildman–Crippen LogP) is 1.62. The minimum atomic E-state index is -0.107. The van der Waals surface area contributed by atoms with Crippen LogP contribution in [0.5, 0.6) is 0 Å². The summed E-state index contributed by atoms with van der Waals surface area (Å²) in [6.07, 6.45) is 2.06. The van der Waals surface area contributed by atoms with Crippen LogP contribution in [0.4, 0.5) is 0 Å². The molecule has 142 valence electrons. The summed E-state index contributed by atoms with van der Waals surface area (Å²) in [5, 5.41) is 10.6. The molecule has 3 heterocycles. The number of H-pyrrole nitrogens is 1. The molecule has 0 saturated carbocycles. The average Bonchev–Trinajstić information content (AvgIpc) is 3.11. The van der Waals surface area contributed by atoms with E-state index in [0.29, 0.717) is 41.6 Å². The maximum atomic E-state index is 12.1. The van der Waals surface area contributed by atoms with Crippen molar-refractivity contribution in [3.8, 4) is 0 Å². The average molecular weight is 381 g/mol. The van der Waals surface area contributed by atoms with Gasteiger partial charge in [0, 0.05) is 31.6 Å². The summed E-state index contributed by atoms with van der Waals surface area (Å²) in [7, 11) is 3.70. The lowest BCUT2D eigenvalue weighted by atomic mass is 10.0. The second kappa shape index (κ2) is 8.01. The van der Waals surface area contributed by atoms with Crippen molar-refractivity contribution < 1.29 is 4.52 Å². The van der Waals surface area contributed by atoms with Crippen LogP contribution in [-0.2, 0) is 26.3 Å². The van der Waals surface area contributed by atoms with E-state index in [1.807, 2.05) is 20.9 Å². The standard InChI is InChI=1S/C17H24N6O2.ClH/c1-9(18-4)8-13-20-14(25-22-13)7-6-12-10(2)15-16(19-11(12)3)23(5)21-17(15)24;/h9,18H,6-8H2,1-5H3,(H,21,24);1H. The number of hydrogen-bond donors (Lipinski definition) is 2. The Morgan fingerprint density at radius 2 is 2.00 bits per heavy atom. The number of likely N-dealkylation sites (N-methyl/N-ethyl adjacent to an activating group) is 1. The van der Waals surface area contributed by atoms with E-state index in [-0.39, 0.29) is 18.0 Å². The van der Waals surface area contributed by atoms with Crippen molar-refractivity contribution in [1.82, 2.24) is 30.2 Å². The minimum absolute atomic E-state index is 0. The van der Waals surface area contributed by atoms with Crippen LogP contribution in [0.1, 0.15) is 35.5 Å². The van der Waals surface area contributed by atoms with Crippen LogP contribution in [0, 0.1) is 13.8 Å². The molecule has 3 aromatic heterocycles. The van der Waals surface area contributed by atoms with Gasteiger partial charge in [-0.25, -0.2) is 4.98 Å². The fourth-order valence-corrected chi connectivity index (χ4v) is 3.10. The molecule has 26 heavy (non-hydrogen) atoms. The van der Waals surface area contributed by atoms with Gasteiger partial charge in [-0.15, -0.1) is 12.4 Å². The van der Waals surface area contributed by atoms with Gasteiger partial charge in [0.1, 0.15) is 0 Å². The number of aromatic amines is 1. The molecular formula is C17H25ClN6O2. The van der Waals surface area contributed by atoms with Gasteiger partial charge in [-0.3, -0.25) is 14.6 Å². The number of nitrogens with zero attached hydrogens (tertiary/aromatic N) is 4. The molecule has 0 aliphatic rings. The zero-order chi connectivity index (χ0) is 18.1. The van der Waals surface area contributed by atoms with E-state index in [1.54, 1.807) is 11.7 Å². The Bertz CT molecular complexity index is 958. The molecule has 3 rings (SSSR count). The molecule has 3 aromatic rings. The second-order valence-electron chi connectivity index (χ2n) is 6.50. The van der Waals surface area contributed by atoms with Crippen molar-refractivity contribution in [1.29, 1.82) is 0 Å². The van der Waals surface area contributed by atoms with Crippen LogP contribution in [0.2, 0.25) is 0 Å². The third-order valence-corrected chi connectivity index (χ3v) is 4.66. The molecule has 8 nitrogen and oxygen atoms in total. The maximum Gasteiger partial charge on any atom is 0.273 e. The molecule has 9 heteroatoms. The molecule has 0 aliphatic heterocycles. The topological polar surface area (TPSA) is 102 Å². The van der Waals surface area contributed by atoms with Gasteiger partial charge in [-0.05, 0) is 45.4 Å². The Kier molecular flexibility index (Phi) is 6.20. The Balaban J connectivity index is 0.00000243. The number of rotatable bonds is 6. The highest BCUT2D eigenvalue weighted by Crippen LogP contribution is 2.21. The largest absolute Gasteiger partial charge is 0.339 e. The molecule has 1 atom stereocenters. The molecule has 0 aromatic carbocycles. The lowest BCUT2D eigenvalue weighted by molar-refractivity contribution is 0.371. The van der Waals surface area contributed by atoms with Crippen LogP contribution in [-0.4, -0.2) is 38.0 Å². The van der Waals surface area contributed by atoms with Crippen molar-refractivity contribution in [2.75, 3.05) is 7.05 Å². The van der Waals surface area contributed by atoms with E-state index in [9.17, 15) is 4.79 Å². The lowest BCUT2D eigenvalue weighted by Gasteiger charge is -2.09.